The first-order chi connectivity index (χ1) is 7.09. The lowest BCUT2D eigenvalue weighted by Gasteiger charge is -2.17. The average Bonchev–Trinajstić information content (AvgIpc) is 2.58. The quantitative estimate of drug-likeness (QED) is 0.462. The first-order valence-electron chi connectivity index (χ1n) is 4.49. The summed E-state index contributed by atoms with van der Waals surface area (Å²) in [6, 6.07) is 0. The lowest BCUT2D eigenvalue weighted by atomic mass is 10.2. The molecule has 0 saturated carbocycles. The maximum absolute atomic E-state index is 10.6. The fraction of sp³-hybridized carbons (Fsp3) is 0.750. The van der Waals surface area contributed by atoms with Crippen LogP contribution >= 0.6 is 0 Å². The second-order valence-electron chi connectivity index (χ2n) is 3.05. The Kier molecular flexibility index (Phi) is 4.58. The van der Waals surface area contributed by atoms with Crippen LogP contribution in [0.2, 0.25) is 0 Å². The van der Waals surface area contributed by atoms with Gasteiger partial charge in [-0.25, -0.2) is 0 Å². The minimum atomic E-state index is -0.423. The molecule has 83 valence electrons. The van der Waals surface area contributed by atoms with E-state index < -0.39 is 24.1 Å². The average molecular weight is 215 g/mol. The van der Waals surface area contributed by atoms with Crippen LogP contribution in [0.4, 0.5) is 0 Å². The van der Waals surface area contributed by atoms with E-state index in [0.717, 1.165) is 7.69 Å². The van der Waals surface area contributed by atoms with Crippen LogP contribution < -0.4 is 0 Å². The number of ether oxygens (including phenoxy) is 2. The van der Waals surface area contributed by atoms with Gasteiger partial charge < -0.3 is 18.8 Å². The summed E-state index contributed by atoms with van der Waals surface area (Å²) >= 11 is 0. The van der Waals surface area contributed by atoms with E-state index in [-0.39, 0.29) is 13.2 Å². The molecule has 15 heavy (non-hydrogen) atoms. The van der Waals surface area contributed by atoms with E-state index in [1.54, 1.807) is 0 Å². The van der Waals surface area contributed by atoms with Crippen molar-refractivity contribution >= 4 is 19.6 Å². The summed E-state index contributed by atoms with van der Waals surface area (Å²) in [4.78, 5) is 21.1. The number of hydrogen-bond donors (Lipinski definition) is 0. The molecule has 0 aromatic heterocycles. The highest BCUT2D eigenvalue weighted by atomic mass is 16.7. The van der Waals surface area contributed by atoms with E-state index in [1.807, 2.05) is 0 Å². The normalized spacial score (nSPS) is 24.4. The summed E-state index contributed by atoms with van der Waals surface area (Å²) in [6.07, 6.45) is -0.846. The van der Waals surface area contributed by atoms with E-state index in [0.29, 0.717) is 0 Å². The van der Waals surface area contributed by atoms with Crippen LogP contribution in [0.3, 0.4) is 0 Å². The topological polar surface area (TPSA) is 71.1 Å². The molecule has 0 aromatic carbocycles. The summed E-state index contributed by atoms with van der Waals surface area (Å²) < 4.78 is 19.6. The van der Waals surface area contributed by atoms with Crippen LogP contribution in [0.25, 0.3) is 0 Å². The smallest absolute Gasteiger partial charge is 0.463 e. The van der Waals surface area contributed by atoms with Gasteiger partial charge in [-0.1, -0.05) is 0 Å². The van der Waals surface area contributed by atoms with Gasteiger partial charge in [-0.3, -0.25) is 9.59 Å². The molecule has 0 spiro atoms. The molecule has 1 rings (SSSR count). The molecule has 2 atom stereocenters. The zero-order valence-corrected chi connectivity index (χ0v) is 8.60. The van der Waals surface area contributed by atoms with Crippen molar-refractivity contribution in [3.8, 4) is 0 Å². The van der Waals surface area contributed by atoms with Crippen LogP contribution in [-0.4, -0.2) is 45.0 Å². The summed E-state index contributed by atoms with van der Waals surface area (Å²) in [6.45, 7) is 2.77. The molecular weight excluding hydrogens is 203 g/mol. The predicted molar refractivity (Wildman–Crippen MR) is 48.8 cm³/mol. The summed E-state index contributed by atoms with van der Waals surface area (Å²) in [5.74, 6) is -0.784. The Morgan fingerprint density at radius 2 is 1.47 bits per heavy atom. The molecule has 0 unspecified atom stereocenters. The Balaban J connectivity index is 2.29. The SMILES string of the molecule is CC(=O)OC[C@@H]1O[B]O[C@H]1COC(C)=O. The van der Waals surface area contributed by atoms with Gasteiger partial charge in [-0.05, 0) is 0 Å². The van der Waals surface area contributed by atoms with E-state index in [2.05, 4.69) is 0 Å². The molecular formula is C8H12BO6. The standard InChI is InChI=1S/C8H12BO6/c1-5(10)12-3-7-8(15-9-14-7)4-13-6(2)11/h7-8H,3-4H2,1-2H3/t7-,8-/m0/s1. The van der Waals surface area contributed by atoms with Gasteiger partial charge in [0.15, 0.2) is 0 Å². The van der Waals surface area contributed by atoms with Crippen molar-refractivity contribution < 1.29 is 28.4 Å². The number of carbonyl (C=O) groups excluding carboxylic acids is 2. The van der Waals surface area contributed by atoms with E-state index >= 15 is 0 Å². The van der Waals surface area contributed by atoms with Crippen molar-refractivity contribution in [1.82, 2.24) is 0 Å². The number of carbonyl (C=O) groups is 2. The van der Waals surface area contributed by atoms with Gasteiger partial charge in [0.25, 0.3) is 0 Å². The van der Waals surface area contributed by atoms with Crippen LogP contribution in [0.5, 0.6) is 0 Å². The zero-order valence-electron chi connectivity index (χ0n) is 8.60. The zero-order chi connectivity index (χ0) is 11.3. The first-order valence-corrected chi connectivity index (χ1v) is 4.49. The Morgan fingerprint density at radius 1 is 1.07 bits per heavy atom. The van der Waals surface area contributed by atoms with Gasteiger partial charge in [-0.15, -0.1) is 0 Å². The minimum Gasteiger partial charge on any atom is -0.463 e. The van der Waals surface area contributed by atoms with Gasteiger partial charge in [-0.2, -0.15) is 0 Å². The molecule has 7 heteroatoms. The third kappa shape index (κ3) is 4.31. The Hall–Kier alpha value is -1.08. The maximum atomic E-state index is 10.6. The molecule has 6 nitrogen and oxygen atoms in total. The lowest BCUT2D eigenvalue weighted by Crippen LogP contribution is -2.32. The monoisotopic (exact) mass is 215 g/mol. The van der Waals surface area contributed by atoms with Crippen LogP contribution in [0, 0.1) is 0 Å². The van der Waals surface area contributed by atoms with Gasteiger partial charge in [0.2, 0.25) is 0 Å². The van der Waals surface area contributed by atoms with Crippen molar-refractivity contribution in [2.24, 2.45) is 0 Å². The third-order valence-corrected chi connectivity index (χ3v) is 1.78. The van der Waals surface area contributed by atoms with Crippen LogP contribution in [-0.2, 0) is 28.4 Å². The molecule has 0 bridgehead atoms. The second kappa shape index (κ2) is 5.72. The summed E-state index contributed by atoms with van der Waals surface area (Å²) in [5, 5.41) is 0. The number of esters is 2. The Morgan fingerprint density at radius 3 is 1.80 bits per heavy atom. The maximum Gasteiger partial charge on any atom is 0.488 e. The van der Waals surface area contributed by atoms with Gasteiger partial charge in [0.1, 0.15) is 25.4 Å². The van der Waals surface area contributed by atoms with E-state index in [4.69, 9.17) is 18.8 Å². The number of rotatable bonds is 4. The minimum absolute atomic E-state index is 0.0811. The fourth-order valence-electron chi connectivity index (χ4n) is 1.04. The Labute approximate surface area is 88.1 Å². The highest BCUT2D eigenvalue weighted by Gasteiger charge is 2.32. The predicted octanol–water partition coefficient (Wildman–Crippen LogP) is -0.569. The van der Waals surface area contributed by atoms with Crippen LogP contribution in [0.1, 0.15) is 13.8 Å². The molecule has 0 N–H and O–H groups in total. The first kappa shape index (κ1) is 12.0. The molecule has 0 aromatic rings. The summed E-state index contributed by atoms with van der Waals surface area (Å²) in [7, 11) is 1.16. The van der Waals surface area contributed by atoms with Crippen molar-refractivity contribution in [2.75, 3.05) is 13.2 Å². The second-order valence-corrected chi connectivity index (χ2v) is 3.05. The molecule has 1 heterocycles. The van der Waals surface area contributed by atoms with Crippen molar-refractivity contribution in [2.45, 2.75) is 26.1 Å². The highest BCUT2D eigenvalue weighted by molar-refractivity contribution is 6.19. The fourth-order valence-corrected chi connectivity index (χ4v) is 1.04. The largest absolute Gasteiger partial charge is 0.488 e. The van der Waals surface area contributed by atoms with Gasteiger partial charge in [0, 0.05) is 13.8 Å². The molecule has 1 aliphatic rings. The van der Waals surface area contributed by atoms with Crippen LogP contribution in [0.15, 0.2) is 0 Å². The van der Waals surface area contributed by atoms with E-state index in [1.165, 1.54) is 13.8 Å². The van der Waals surface area contributed by atoms with Crippen molar-refractivity contribution in [1.29, 1.82) is 0 Å². The summed E-state index contributed by atoms with van der Waals surface area (Å²) in [5.41, 5.74) is 0. The van der Waals surface area contributed by atoms with Crippen molar-refractivity contribution in [3.63, 3.8) is 0 Å². The van der Waals surface area contributed by atoms with Gasteiger partial charge >= 0.3 is 19.6 Å². The lowest BCUT2D eigenvalue weighted by molar-refractivity contribution is -0.148. The molecule has 1 aliphatic heterocycles. The molecule has 1 radical (unpaired) electrons. The molecule has 0 amide bonds. The van der Waals surface area contributed by atoms with Crippen molar-refractivity contribution in [3.05, 3.63) is 0 Å². The molecule has 1 fully saturated rings. The third-order valence-electron chi connectivity index (χ3n) is 1.78. The highest BCUT2D eigenvalue weighted by Crippen LogP contribution is 2.12. The van der Waals surface area contributed by atoms with Gasteiger partial charge in [0.05, 0.1) is 0 Å². The number of hydrogen-bond acceptors (Lipinski definition) is 6. The molecule has 1 saturated heterocycles. The van der Waals surface area contributed by atoms with E-state index in [9.17, 15) is 9.59 Å². The Bertz CT molecular complexity index is 219. The molecule has 0 aliphatic carbocycles.